The van der Waals surface area contributed by atoms with Crippen molar-refractivity contribution in [3.63, 3.8) is 0 Å². The lowest BCUT2D eigenvalue weighted by atomic mass is 10.0. The molecule has 1 atom stereocenters. The number of aryl methyl sites for hydroxylation is 2. The van der Waals surface area contributed by atoms with Gasteiger partial charge < -0.3 is 0 Å². The number of nitrogens with one attached hydrogen (secondary N) is 1. The Balaban J connectivity index is 2.39. The molecular weight excluding hydrogens is 296 g/mol. The van der Waals surface area contributed by atoms with Crippen LogP contribution in [0.25, 0.3) is 0 Å². The number of hydrogen-bond acceptors (Lipinski definition) is 3. The van der Waals surface area contributed by atoms with E-state index in [1.165, 1.54) is 25.4 Å². The minimum Gasteiger partial charge on any atom is -0.271 e. The van der Waals surface area contributed by atoms with Gasteiger partial charge in [-0.2, -0.15) is 0 Å². The minimum absolute atomic E-state index is 0.0601. The van der Waals surface area contributed by atoms with Crippen molar-refractivity contribution in [3.8, 4) is 0 Å². The van der Waals surface area contributed by atoms with Gasteiger partial charge in [0.25, 0.3) is 0 Å². The molecule has 0 aliphatic carbocycles. The molecule has 2 aromatic rings. The van der Waals surface area contributed by atoms with E-state index in [9.17, 15) is 0 Å². The molecule has 2 rings (SSSR count). The van der Waals surface area contributed by atoms with Gasteiger partial charge in [-0.3, -0.25) is 5.84 Å². The lowest BCUT2D eigenvalue weighted by Crippen LogP contribution is -2.28. The number of benzene rings is 1. The Hall–Kier alpha value is -0.680. The first-order valence-corrected chi connectivity index (χ1v) is 7.01. The minimum atomic E-state index is 0.0601. The fourth-order valence-electron chi connectivity index (χ4n) is 1.82. The smallest absolute Gasteiger partial charge is 0.0803 e. The van der Waals surface area contributed by atoms with E-state index in [0.717, 1.165) is 0 Å². The van der Waals surface area contributed by atoms with Crippen LogP contribution in [0.5, 0.6) is 0 Å². The molecule has 3 N–H and O–H groups in total. The van der Waals surface area contributed by atoms with Gasteiger partial charge in [0, 0.05) is 4.88 Å². The fourth-order valence-corrected chi connectivity index (χ4v) is 3.48. The fraction of sp³-hybridized carbons (Fsp3) is 0.231. The second-order valence-corrected chi connectivity index (χ2v) is 6.52. The molecule has 1 aromatic carbocycles. The molecule has 0 saturated carbocycles. The number of halogens is 1. The summed E-state index contributed by atoms with van der Waals surface area (Å²) in [5.41, 5.74) is 6.58. The molecule has 0 amide bonds. The van der Waals surface area contributed by atoms with E-state index in [-0.39, 0.29) is 6.04 Å². The van der Waals surface area contributed by atoms with E-state index in [0.29, 0.717) is 0 Å². The van der Waals surface area contributed by atoms with Crippen molar-refractivity contribution in [1.29, 1.82) is 0 Å². The maximum absolute atomic E-state index is 5.69. The largest absolute Gasteiger partial charge is 0.271 e. The molecule has 0 aliphatic heterocycles. The van der Waals surface area contributed by atoms with Crippen LogP contribution in [0.1, 0.15) is 27.6 Å². The summed E-state index contributed by atoms with van der Waals surface area (Å²) in [6.07, 6.45) is 0. The van der Waals surface area contributed by atoms with Crippen LogP contribution in [0.3, 0.4) is 0 Å². The summed E-state index contributed by atoms with van der Waals surface area (Å²) in [7, 11) is 0. The number of rotatable bonds is 3. The van der Waals surface area contributed by atoms with Crippen LogP contribution in [0.4, 0.5) is 0 Å². The Morgan fingerprint density at radius 3 is 2.59 bits per heavy atom. The Labute approximate surface area is 114 Å². The second-order valence-electron chi connectivity index (χ2n) is 4.12. The Morgan fingerprint density at radius 1 is 1.29 bits per heavy atom. The highest BCUT2D eigenvalue weighted by molar-refractivity contribution is 9.11. The number of hydrogen-bond donors (Lipinski definition) is 2. The van der Waals surface area contributed by atoms with Crippen molar-refractivity contribution in [2.75, 3.05) is 0 Å². The molecular formula is C13H15BrN2S. The van der Waals surface area contributed by atoms with Crippen LogP contribution in [0.2, 0.25) is 0 Å². The Kier molecular flexibility index (Phi) is 3.99. The van der Waals surface area contributed by atoms with Crippen molar-refractivity contribution in [3.05, 3.63) is 55.7 Å². The van der Waals surface area contributed by atoms with Gasteiger partial charge in [0.2, 0.25) is 0 Å². The van der Waals surface area contributed by atoms with Crippen LogP contribution < -0.4 is 11.3 Å². The van der Waals surface area contributed by atoms with Gasteiger partial charge in [0.1, 0.15) is 0 Å². The first kappa shape index (κ1) is 12.8. The molecule has 1 unspecified atom stereocenters. The van der Waals surface area contributed by atoms with E-state index >= 15 is 0 Å². The van der Waals surface area contributed by atoms with Gasteiger partial charge in [-0.25, -0.2) is 5.43 Å². The first-order chi connectivity index (χ1) is 8.11. The highest BCUT2D eigenvalue weighted by Crippen LogP contribution is 2.34. The number of hydrazine groups is 1. The van der Waals surface area contributed by atoms with Gasteiger partial charge in [-0.05, 0) is 47.0 Å². The summed E-state index contributed by atoms with van der Waals surface area (Å²) in [6.45, 7) is 4.18. The van der Waals surface area contributed by atoms with Crippen molar-refractivity contribution in [1.82, 2.24) is 5.43 Å². The zero-order valence-corrected chi connectivity index (χ0v) is 12.2. The summed E-state index contributed by atoms with van der Waals surface area (Å²) in [4.78, 5) is 1.22. The molecule has 90 valence electrons. The molecule has 0 aliphatic rings. The average molecular weight is 311 g/mol. The molecule has 0 radical (unpaired) electrons. The van der Waals surface area contributed by atoms with Crippen molar-refractivity contribution in [2.24, 2.45) is 5.84 Å². The third-order valence-electron chi connectivity index (χ3n) is 2.70. The molecule has 4 heteroatoms. The second kappa shape index (κ2) is 5.31. The summed E-state index contributed by atoms with van der Waals surface area (Å²) < 4.78 is 1.17. The number of nitrogens with two attached hydrogens (primary N) is 1. The van der Waals surface area contributed by atoms with E-state index in [4.69, 9.17) is 5.84 Å². The van der Waals surface area contributed by atoms with Gasteiger partial charge in [-0.1, -0.05) is 29.8 Å². The quantitative estimate of drug-likeness (QED) is 0.670. The zero-order chi connectivity index (χ0) is 12.4. The lowest BCUT2D eigenvalue weighted by Gasteiger charge is -2.15. The van der Waals surface area contributed by atoms with E-state index in [1.54, 1.807) is 11.3 Å². The lowest BCUT2D eigenvalue weighted by molar-refractivity contribution is 0.646. The van der Waals surface area contributed by atoms with Crippen LogP contribution >= 0.6 is 27.3 Å². The predicted molar refractivity (Wildman–Crippen MR) is 77.1 cm³/mol. The zero-order valence-electron chi connectivity index (χ0n) is 9.83. The summed E-state index contributed by atoms with van der Waals surface area (Å²) in [5, 5.41) is 0. The third kappa shape index (κ3) is 2.77. The monoisotopic (exact) mass is 310 g/mol. The maximum Gasteiger partial charge on any atom is 0.0803 e. The molecule has 2 nitrogen and oxygen atoms in total. The molecule has 0 fully saturated rings. The Morgan fingerprint density at radius 2 is 2.06 bits per heavy atom. The van der Waals surface area contributed by atoms with Crippen molar-refractivity contribution < 1.29 is 0 Å². The van der Waals surface area contributed by atoms with E-state index < -0.39 is 0 Å². The van der Waals surface area contributed by atoms with Gasteiger partial charge in [0.15, 0.2) is 0 Å². The first-order valence-electron chi connectivity index (χ1n) is 5.40. The topological polar surface area (TPSA) is 38.0 Å². The standard InChI is InChI=1S/C13H15BrN2S/c1-8-4-3-5-10(6-8)12(16-15)11-7-9(2)13(14)17-11/h3-7,12,16H,15H2,1-2H3. The number of thiophene rings is 1. The van der Waals surface area contributed by atoms with Crippen molar-refractivity contribution >= 4 is 27.3 Å². The SMILES string of the molecule is Cc1cccc(C(NN)c2cc(C)c(Br)s2)c1. The van der Waals surface area contributed by atoms with Gasteiger partial charge >= 0.3 is 0 Å². The molecule has 1 heterocycles. The Bertz CT molecular complexity index is 502. The van der Waals surface area contributed by atoms with Crippen LogP contribution in [-0.4, -0.2) is 0 Å². The highest BCUT2D eigenvalue weighted by atomic mass is 79.9. The predicted octanol–water partition coefficient (Wildman–Crippen LogP) is 3.68. The third-order valence-corrected chi connectivity index (χ3v) is 4.90. The van der Waals surface area contributed by atoms with E-state index in [1.807, 2.05) is 0 Å². The highest BCUT2D eigenvalue weighted by Gasteiger charge is 2.15. The summed E-state index contributed by atoms with van der Waals surface area (Å²) in [6, 6.07) is 10.6. The van der Waals surface area contributed by atoms with E-state index in [2.05, 4.69) is 65.5 Å². The molecule has 0 bridgehead atoms. The van der Waals surface area contributed by atoms with Crippen LogP contribution in [0.15, 0.2) is 34.1 Å². The van der Waals surface area contributed by atoms with Crippen molar-refractivity contribution in [2.45, 2.75) is 19.9 Å². The molecule has 0 saturated heterocycles. The van der Waals surface area contributed by atoms with Gasteiger partial charge in [0.05, 0.1) is 9.83 Å². The maximum atomic E-state index is 5.69. The summed E-state index contributed by atoms with van der Waals surface area (Å²) in [5.74, 6) is 5.69. The molecule has 0 spiro atoms. The van der Waals surface area contributed by atoms with Crippen LogP contribution in [0, 0.1) is 13.8 Å². The normalized spacial score (nSPS) is 12.7. The average Bonchev–Trinajstić information content (AvgIpc) is 2.60. The molecule has 1 aromatic heterocycles. The van der Waals surface area contributed by atoms with Crippen LogP contribution in [-0.2, 0) is 0 Å². The summed E-state index contributed by atoms with van der Waals surface area (Å²) >= 11 is 5.27. The van der Waals surface area contributed by atoms with Gasteiger partial charge in [-0.15, -0.1) is 11.3 Å². The molecule has 17 heavy (non-hydrogen) atoms.